The molecular formula is C16H25FN2O. The Morgan fingerprint density at radius 1 is 1.35 bits per heavy atom. The molecule has 112 valence electrons. The summed E-state index contributed by atoms with van der Waals surface area (Å²) in [5, 5.41) is 0. The molecule has 1 aromatic carbocycles. The van der Waals surface area contributed by atoms with Crippen molar-refractivity contribution < 1.29 is 9.13 Å². The van der Waals surface area contributed by atoms with Gasteiger partial charge in [0, 0.05) is 25.2 Å². The van der Waals surface area contributed by atoms with E-state index in [9.17, 15) is 0 Å². The highest BCUT2D eigenvalue weighted by Crippen LogP contribution is 2.38. The third-order valence-electron chi connectivity index (χ3n) is 3.87. The first-order chi connectivity index (χ1) is 9.32. The van der Waals surface area contributed by atoms with E-state index in [0.717, 1.165) is 25.2 Å². The number of piperidine rings is 1. The minimum absolute atomic E-state index is 0.230. The first-order valence-corrected chi connectivity index (χ1v) is 7.17. The fraction of sp³-hybridized carbons (Fsp3) is 0.625. The molecule has 0 unspecified atom stereocenters. The lowest BCUT2D eigenvalue weighted by molar-refractivity contribution is 0.0482. The molecule has 3 nitrogen and oxygen atoms in total. The molecule has 0 atom stereocenters. The standard InChI is InChI=1S/C16H25FN2O/c1-15(2,18)12-19-9-7-16(17,8-10-19)13-5-4-6-14(11-13)20-3/h4-6,11H,7-10,12,18H2,1-3H3. The number of nitrogens with two attached hydrogens (primary N) is 1. The lowest BCUT2D eigenvalue weighted by Gasteiger charge is -2.39. The number of methoxy groups -OCH3 is 1. The highest BCUT2D eigenvalue weighted by atomic mass is 19.1. The van der Waals surface area contributed by atoms with Crippen molar-refractivity contribution in [1.82, 2.24) is 4.90 Å². The Kier molecular flexibility index (Phi) is 4.35. The van der Waals surface area contributed by atoms with Gasteiger partial charge in [0.2, 0.25) is 0 Å². The maximum absolute atomic E-state index is 15.1. The van der Waals surface area contributed by atoms with Crippen LogP contribution in [0.4, 0.5) is 4.39 Å². The van der Waals surface area contributed by atoms with Crippen molar-refractivity contribution in [3.8, 4) is 5.75 Å². The Bertz CT molecular complexity index is 448. The third kappa shape index (κ3) is 3.70. The monoisotopic (exact) mass is 280 g/mol. The fourth-order valence-corrected chi connectivity index (χ4v) is 2.83. The maximum atomic E-state index is 15.1. The molecule has 0 amide bonds. The minimum Gasteiger partial charge on any atom is -0.497 e. The molecule has 0 bridgehead atoms. The number of ether oxygens (including phenoxy) is 1. The van der Waals surface area contributed by atoms with Crippen molar-refractivity contribution in [2.45, 2.75) is 37.9 Å². The highest BCUT2D eigenvalue weighted by molar-refractivity contribution is 5.32. The van der Waals surface area contributed by atoms with Crippen molar-refractivity contribution in [2.75, 3.05) is 26.7 Å². The van der Waals surface area contributed by atoms with E-state index in [0.29, 0.717) is 18.6 Å². The molecule has 20 heavy (non-hydrogen) atoms. The lowest BCUT2D eigenvalue weighted by Crippen LogP contribution is -2.49. The summed E-state index contributed by atoms with van der Waals surface area (Å²) in [7, 11) is 1.61. The van der Waals surface area contributed by atoms with Crippen molar-refractivity contribution in [3.05, 3.63) is 29.8 Å². The van der Waals surface area contributed by atoms with Crippen LogP contribution in [0, 0.1) is 0 Å². The van der Waals surface area contributed by atoms with Crippen LogP contribution in [-0.2, 0) is 5.67 Å². The summed E-state index contributed by atoms with van der Waals surface area (Å²) in [6, 6.07) is 7.36. The quantitative estimate of drug-likeness (QED) is 0.921. The van der Waals surface area contributed by atoms with Gasteiger partial charge in [0.25, 0.3) is 0 Å². The lowest BCUT2D eigenvalue weighted by atomic mass is 9.85. The van der Waals surface area contributed by atoms with Gasteiger partial charge < -0.3 is 15.4 Å². The Morgan fingerprint density at radius 3 is 2.55 bits per heavy atom. The number of rotatable bonds is 4. The predicted octanol–water partition coefficient (Wildman–Crippen LogP) is 2.69. The average Bonchev–Trinajstić information content (AvgIpc) is 2.40. The van der Waals surface area contributed by atoms with Crippen LogP contribution in [0.2, 0.25) is 0 Å². The summed E-state index contributed by atoms with van der Waals surface area (Å²) in [6.45, 7) is 6.31. The number of benzene rings is 1. The van der Waals surface area contributed by atoms with Crippen molar-refractivity contribution in [2.24, 2.45) is 5.73 Å². The normalized spacial score (nSPS) is 19.9. The molecular weight excluding hydrogens is 255 g/mol. The van der Waals surface area contributed by atoms with Crippen molar-refractivity contribution in [3.63, 3.8) is 0 Å². The van der Waals surface area contributed by atoms with E-state index in [2.05, 4.69) is 4.90 Å². The molecule has 1 aliphatic rings. The first kappa shape index (κ1) is 15.3. The number of halogens is 1. The molecule has 0 radical (unpaired) electrons. The van der Waals surface area contributed by atoms with E-state index in [-0.39, 0.29) is 5.54 Å². The van der Waals surface area contributed by atoms with E-state index in [1.54, 1.807) is 7.11 Å². The van der Waals surface area contributed by atoms with Crippen LogP contribution in [0.3, 0.4) is 0 Å². The molecule has 1 aliphatic heterocycles. The zero-order valence-electron chi connectivity index (χ0n) is 12.7. The van der Waals surface area contributed by atoms with E-state index in [4.69, 9.17) is 10.5 Å². The molecule has 2 N–H and O–H groups in total. The largest absolute Gasteiger partial charge is 0.497 e. The van der Waals surface area contributed by atoms with Gasteiger partial charge in [0.05, 0.1) is 7.11 Å². The topological polar surface area (TPSA) is 38.5 Å². The second-order valence-corrected chi connectivity index (χ2v) is 6.46. The SMILES string of the molecule is COc1cccc(C2(F)CCN(CC(C)(C)N)CC2)c1. The van der Waals surface area contributed by atoms with Gasteiger partial charge in [-0.1, -0.05) is 12.1 Å². The molecule has 2 rings (SSSR count). The van der Waals surface area contributed by atoms with E-state index < -0.39 is 5.67 Å². The van der Waals surface area contributed by atoms with Gasteiger partial charge >= 0.3 is 0 Å². The zero-order valence-corrected chi connectivity index (χ0v) is 12.7. The molecule has 1 saturated heterocycles. The van der Waals surface area contributed by atoms with Gasteiger partial charge in [-0.15, -0.1) is 0 Å². The molecule has 4 heteroatoms. The van der Waals surface area contributed by atoms with Crippen LogP contribution in [0.15, 0.2) is 24.3 Å². The van der Waals surface area contributed by atoms with Gasteiger partial charge in [-0.3, -0.25) is 0 Å². The van der Waals surface area contributed by atoms with Crippen LogP contribution in [0.1, 0.15) is 32.3 Å². The Balaban J connectivity index is 2.03. The predicted molar refractivity (Wildman–Crippen MR) is 79.7 cm³/mol. The Hall–Kier alpha value is -1.13. The fourth-order valence-electron chi connectivity index (χ4n) is 2.83. The Morgan fingerprint density at radius 2 is 2.00 bits per heavy atom. The van der Waals surface area contributed by atoms with Gasteiger partial charge in [0.1, 0.15) is 11.4 Å². The van der Waals surface area contributed by atoms with E-state index >= 15 is 4.39 Å². The summed E-state index contributed by atoms with van der Waals surface area (Å²) in [5.74, 6) is 0.713. The van der Waals surface area contributed by atoms with Crippen LogP contribution in [-0.4, -0.2) is 37.2 Å². The van der Waals surface area contributed by atoms with Crippen LogP contribution in [0.5, 0.6) is 5.75 Å². The summed E-state index contributed by atoms with van der Waals surface area (Å²) in [6.07, 6.45) is 1.02. The average molecular weight is 280 g/mol. The molecule has 1 aromatic rings. The zero-order chi connectivity index (χ0) is 14.8. The first-order valence-electron chi connectivity index (χ1n) is 7.17. The van der Waals surface area contributed by atoms with Crippen LogP contribution >= 0.6 is 0 Å². The summed E-state index contributed by atoms with van der Waals surface area (Å²) < 4.78 is 20.3. The highest BCUT2D eigenvalue weighted by Gasteiger charge is 2.37. The molecule has 0 aromatic heterocycles. The smallest absolute Gasteiger partial charge is 0.138 e. The molecule has 0 spiro atoms. The van der Waals surface area contributed by atoms with Gasteiger partial charge in [-0.25, -0.2) is 4.39 Å². The van der Waals surface area contributed by atoms with Crippen LogP contribution in [0.25, 0.3) is 0 Å². The number of hydrogen-bond acceptors (Lipinski definition) is 3. The van der Waals surface area contributed by atoms with Gasteiger partial charge in [0.15, 0.2) is 0 Å². The summed E-state index contributed by atoms with van der Waals surface area (Å²) in [4.78, 5) is 2.25. The number of hydrogen-bond donors (Lipinski definition) is 1. The number of nitrogens with zero attached hydrogens (tertiary/aromatic N) is 1. The second-order valence-electron chi connectivity index (χ2n) is 6.46. The Labute approximate surface area is 120 Å². The summed E-state index contributed by atoms with van der Waals surface area (Å²) in [5.41, 5.74) is 5.28. The number of likely N-dealkylation sites (tertiary alicyclic amines) is 1. The molecule has 1 fully saturated rings. The van der Waals surface area contributed by atoms with Gasteiger partial charge in [-0.2, -0.15) is 0 Å². The van der Waals surface area contributed by atoms with Crippen molar-refractivity contribution in [1.29, 1.82) is 0 Å². The minimum atomic E-state index is -1.25. The van der Waals surface area contributed by atoms with E-state index in [1.807, 2.05) is 38.1 Å². The van der Waals surface area contributed by atoms with E-state index in [1.165, 1.54) is 0 Å². The summed E-state index contributed by atoms with van der Waals surface area (Å²) >= 11 is 0. The van der Waals surface area contributed by atoms with Crippen molar-refractivity contribution >= 4 is 0 Å². The molecule has 1 heterocycles. The molecule has 0 saturated carbocycles. The molecule has 0 aliphatic carbocycles. The number of alkyl halides is 1. The van der Waals surface area contributed by atoms with Crippen LogP contribution < -0.4 is 10.5 Å². The maximum Gasteiger partial charge on any atom is 0.138 e. The second kappa shape index (κ2) is 5.70. The van der Waals surface area contributed by atoms with Gasteiger partial charge in [-0.05, 0) is 44.4 Å². The third-order valence-corrected chi connectivity index (χ3v) is 3.87.